The van der Waals surface area contributed by atoms with Crippen molar-refractivity contribution in [2.24, 2.45) is 0 Å². The summed E-state index contributed by atoms with van der Waals surface area (Å²) in [7, 11) is 6.00. The van der Waals surface area contributed by atoms with E-state index < -0.39 is 0 Å². The van der Waals surface area contributed by atoms with Gasteiger partial charge >= 0.3 is 0 Å². The largest absolute Gasteiger partial charge is 0.508 e. The van der Waals surface area contributed by atoms with Gasteiger partial charge in [-0.3, -0.25) is 0 Å². The van der Waals surface area contributed by atoms with E-state index in [1.807, 2.05) is 32.1 Å². The zero-order valence-corrected chi connectivity index (χ0v) is 11.5. The molecule has 0 bridgehead atoms. The number of phenols is 1. The number of aromatic hydroxyl groups is 1. The predicted octanol–water partition coefficient (Wildman–Crippen LogP) is 3.91. The van der Waals surface area contributed by atoms with Gasteiger partial charge in [0.2, 0.25) is 0 Å². The Morgan fingerprint density at radius 1 is 0.765 bits per heavy atom. The minimum atomic E-state index is 0.322. The van der Waals surface area contributed by atoms with E-state index in [9.17, 15) is 0 Å². The molecule has 1 aliphatic carbocycles. The van der Waals surface area contributed by atoms with Crippen LogP contribution in [0.25, 0.3) is 0 Å². The zero-order valence-electron chi connectivity index (χ0n) is 11.5. The summed E-state index contributed by atoms with van der Waals surface area (Å²) in [6, 6.07) is 8.71. The van der Waals surface area contributed by atoms with Crippen LogP contribution in [0.15, 0.2) is 30.3 Å². The number of phenolic OH excluding ortho intramolecular Hbond substituents is 1. The first-order valence-corrected chi connectivity index (χ1v) is 6.48. The van der Waals surface area contributed by atoms with Crippen molar-refractivity contribution in [3.05, 3.63) is 30.3 Å². The van der Waals surface area contributed by atoms with Gasteiger partial charge in [-0.15, -0.1) is 0 Å². The highest BCUT2D eigenvalue weighted by molar-refractivity contribution is 5.18. The molecule has 0 atom stereocenters. The van der Waals surface area contributed by atoms with Gasteiger partial charge in [-0.05, 0) is 33.3 Å². The van der Waals surface area contributed by atoms with Crippen LogP contribution in [-0.2, 0) is 0 Å². The molecule has 2 rings (SSSR count). The predicted molar refractivity (Wildman–Crippen MR) is 75.4 cm³/mol. The summed E-state index contributed by atoms with van der Waals surface area (Å²) >= 11 is 0. The Hall–Kier alpha value is -1.02. The highest BCUT2D eigenvalue weighted by atomic mass is 16.3. The smallest absolute Gasteiger partial charge is 0.115 e. The first kappa shape index (κ1) is 16.0. The van der Waals surface area contributed by atoms with Gasteiger partial charge < -0.3 is 10.0 Å². The normalized spacial score (nSPS) is 14.1. The molecule has 1 aromatic carbocycles. The number of para-hydroxylation sites is 1. The number of hydrogen-bond donors (Lipinski definition) is 1. The topological polar surface area (TPSA) is 23.5 Å². The number of nitrogens with zero attached hydrogens (tertiary/aromatic N) is 1. The van der Waals surface area contributed by atoms with Crippen LogP contribution in [0, 0.1) is 0 Å². The second-order valence-corrected chi connectivity index (χ2v) is 4.80. The fourth-order valence-electron chi connectivity index (χ4n) is 1.49. The van der Waals surface area contributed by atoms with Gasteiger partial charge in [-0.1, -0.05) is 56.7 Å². The lowest BCUT2D eigenvalue weighted by atomic mass is 10.0. The molecule has 0 spiro atoms. The van der Waals surface area contributed by atoms with Crippen LogP contribution in [0.4, 0.5) is 0 Å². The summed E-state index contributed by atoms with van der Waals surface area (Å²) in [6.07, 6.45) is 9.00. The van der Waals surface area contributed by atoms with Crippen molar-refractivity contribution in [2.75, 3.05) is 21.1 Å². The Bertz CT molecular complexity index is 228. The van der Waals surface area contributed by atoms with E-state index in [0.717, 1.165) is 0 Å². The zero-order chi connectivity index (χ0) is 12.9. The van der Waals surface area contributed by atoms with Crippen LogP contribution in [0.3, 0.4) is 0 Å². The van der Waals surface area contributed by atoms with Gasteiger partial charge in [0.15, 0.2) is 0 Å². The summed E-state index contributed by atoms with van der Waals surface area (Å²) in [6.45, 7) is 0. The highest BCUT2D eigenvalue weighted by Crippen LogP contribution is 2.15. The lowest BCUT2D eigenvalue weighted by Crippen LogP contribution is -1.99. The molecule has 1 saturated carbocycles. The minimum Gasteiger partial charge on any atom is -0.508 e. The van der Waals surface area contributed by atoms with Crippen LogP contribution in [0.5, 0.6) is 5.75 Å². The molecule has 0 amide bonds. The van der Waals surface area contributed by atoms with E-state index in [2.05, 4.69) is 0 Å². The fraction of sp³-hybridized carbons (Fsp3) is 0.600. The molecule has 2 heteroatoms. The summed E-state index contributed by atoms with van der Waals surface area (Å²) < 4.78 is 0. The third kappa shape index (κ3) is 15.0. The molecule has 0 heterocycles. The summed E-state index contributed by atoms with van der Waals surface area (Å²) in [5, 5.41) is 8.63. The molecule has 1 aliphatic rings. The first-order valence-electron chi connectivity index (χ1n) is 6.48. The van der Waals surface area contributed by atoms with Crippen molar-refractivity contribution < 1.29 is 5.11 Å². The van der Waals surface area contributed by atoms with E-state index in [0.29, 0.717) is 5.75 Å². The van der Waals surface area contributed by atoms with Crippen LogP contribution < -0.4 is 0 Å². The molecular weight excluding hydrogens is 210 g/mol. The molecule has 0 radical (unpaired) electrons. The van der Waals surface area contributed by atoms with Crippen LogP contribution >= 0.6 is 0 Å². The summed E-state index contributed by atoms with van der Waals surface area (Å²) in [5.74, 6) is 0.322. The molecular formula is C15H27NO. The third-order valence-electron chi connectivity index (χ3n) is 2.26. The van der Waals surface area contributed by atoms with Gasteiger partial charge in [0.25, 0.3) is 0 Å². The molecule has 2 nitrogen and oxygen atoms in total. The molecule has 17 heavy (non-hydrogen) atoms. The SMILES string of the molecule is C1CCCCC1.CN(C)C.Oc1ccccc1. The van der Waals surface area contributed by atoms with Gasteiger partial charge in [0, 0.05) is 0 Å². The highest BCUT2D eigenvalue weighted by Gasteiger charge is 1.95. The van der Waals surface area contributed by atoms with Gasteiger partial charge in [-0.25, -0.2) is 0 Å². The molecule has 1 aromatic rings. The third-order valence-corrected chi connectivity index (χ3v) is 2.26. The monoisotopic (exact) mass is 237 g/mol. The molecule has 1 fully saturated rings. The maximum atomic E-state index is 8.63. The van der Waals surface area contributed by atoms with Gasteiger partial charge in [-0.2, -0.15) is 0 Å². The number of rotatable bonds is 0. The first-order chi connectivity index (χ1) is 8.13. The molecule has 98 valence electrons. The standard InChI is InChI=1S/C6H6O.C6H12.C3H9N/c7-6-4-2-1-3-5-6;1-2-4-6-5-3-1;1-4(2)3/h1-5,7H;1-6H2;1-3H3. The summed E-state index contributed by atoms with van der Waals surface area (Å²) in [4.78, 5) is 2.00. The second kappa shape index (κ2) is 11.5. The molecule has 0 aromatic heterocycles. The van der Waals surface area contributed by atoms with Crippen LogP contribution in [0.2, 0.25) is 0 Å². The van der Waals surface area contributed by atoms with Crippen molar-refractivity contribution in [3.63, 3.8) is 0 Å². The van der Waals surface area contributed by atoms with E-state index in [1.54, 1.807) is 24.3 Å². The Balaban J connectivity index is 0.000000236. The summed E-state index contributed by atoms with van der Waals surface area (Å²) in [5.41, 5.74) is 0. The fourth-order valence-corrected chi connectivity index (χ4v) is 1.49. The number of hydrogen-bond acceptors (Lipinski definition) is 2. The molecule has 0 aliphatic heterocycles. The van der Waals surface area contributed by atoms with Crippen LogP contribution in [0.1, 0.15) is 38.5 Å². The van der Waals surface area contributed by atoms with Crippen LogP contribution in [-0.4, -0.2) is 31.1 Å². The van der Waals surface area contributed by atoms with Crippen molar-refractivity contribution >= 4 is 0 Å². The molecule has 0 unspecified atom stereocenters. The minimum absolute atomic E-state index is 0.322. The van der Waals surface area contributed by atoms with Gasteiger partial charge in [0.05, 0.1) is 0 Å². The maximum absolute atomic E-state index is 8.63. The lowest BCUT2D eigenvalue weighted by molar-refractivity contribution is 0.475. The Morgan fingerprint density at radius 2 is 1.06 bits per heavy atom. The second-order valence-electron chi connectivity index (χ2n) is 4.80. The Kier molecular flexibility index (Phi) is 10.8. The van der Waals surface area contributed by atoms with Crippen molar-refractivity contribution in [3.8, 4) is 5.75 Å². The van der Waals surface area contributed by atoms with E-state index in [1.165, 1.54) is 38.5 Å². The lowest BCUT2D eigenvalue weighted by Gasteiger charge is -2.05. The quantitative estimate of drug-likeness (QED) is 0.739. The Labute approximate surface area is 106 Å². The molecule has 1 N–H and O–H groups in total. The van der Waals surface area contributed by atoms with E-state index >= 15 is 0 Å². The van der Waals surface area contributed by atoms with Crippen molar-refractivity contribution in [1.29, 1.82) is 0 Å². The average Bonchev–Trinajstić information content (AvgIpc) is 2.32. The van der Waals surface area contributed by atoms with Crippen molar-refractivity contribution in [2.45, 2.75) is 38.5 Å². The van der Waals surface area contributed by atoms with E-state index in [-0.39, 0.29) is 0 Å². The molecule has 0 saturated heterocycles. The maximum Gasteiger partial charge on any atom is 0.115 e. The number of benzene rings is 1. The van der Waals surface area contributed by atoms with Crippen molar-refractivity contribution in [1.82, 2.24) is 4.90 Å². The van der Waals surface area contributed by atoms with E-state index in [4.69, 9.17) is 5.11 Å². The Morgan fingerprint density at radius 3 is 1.24 bits per heavy atom. The average molecular weight is 237 g/mol. The van der Waals surface area contributed by atoms with Gasteiger partial charge in [0.1, 0.15) is 5.75 Å².